The summed E-state index contributed by atoms with van der Waals surface area (Å²) in [5.41, 5.74) is 5.20. The molecule has 0 radical (unpaired) electrons. The molecule has 0 N–H and O–H groups in total. The summed E-state index contributed by atoms with van der Waals surface area (Å²) >= 11 is 0. The Hall–Kier alpha value is -1.27. The molecule has 210 valence electrons. The van der Waals surface area contributed by atoms with Gasteiger partial charge in [-0.1, -0.05) is 46.3 Å². The van der Waals surface area contributed by atoms with Crippen LogP contribution < -0.4 is 0 Å². The van der Waals surface area contributed by atoms with E-state index in [1.165, 1.54) is 88.5 Å². The molecule has 0 unspecified atom stereocenters. The van der Waals surface area contributed by atoms with Crippen molar-refractivity contribution in [3.8, 4) is 0 Å². The monoisotopic (exact) mass is 514 g/mol. The lowest BCUT2D eigenvalue weighted by Crippen LogP contribution is -2.47. The van der Waals surface area contributed by atoms with Crippen LogP contribution in [0.5, 0.6) is 0 Å². The number of nitrogens with zero attached hydrogens (tertiary/aromatic N) is 4. The number of piperazine rings is 1. The second kappa shape index (κ2) is 15.4. The second-order valence-corrected chi connectivity index (χ2v) is 12.4. The van der Waals surface area contributed by atoms with Crippen molar-refractivity contribution in [3.63, 3.8) is 0 Å². The first kappa shape index (κ1) is 30.3. The van der Waals surface area contributed by atoms with E-state index >= 15 is 0 Å². The molecule has 1 aromatic rings. The van der Waals surface area contributed by atoms with E-state index in [0.717, 1.165) is 49.9 Å². The fourth-order valence-corrected chi connectivity index (χ4v) is 6.20. The zero-order valence-electron chi connectivity index (χ0n) is 24.9. The molecule has 0 spiro atoms. The number of hydrogen-bond donors (Lipinski definition) is 0. The van der Waals surface area contributed by atoms with Gasteiger partial charge in [0.1, 0.15) is 5.82 Å². The third-order valence-electron chi connectivity index (χ3n) is 8.10. The molecular weight excluding hydrogens is 459 g/mol. The Balaban J connectivity index is 1.36. The molecule has 5 heteroatoms. The van der Waals surface area contributed by atoms with Crippen molar-refractivity contribution in [3.05, 3.63) is 40.7 Å². The summed E-state index contributed by atoms with van der Waals surface area (Å²) in [7, 11) is 0. The van der Waals surface area contributed by atoms with Gasteiger partial charge < -0.3 is 14.7 Å². The molecule has 0 aliphatic carbocycles. The molecule has 2 heterocycles. The molecule has 0 amide bonds. The van der Waals surface area contributed by atoms with Gasteiger partial charge in [0.15, 0.2) is 0 Å². The Labute approximate surface area is 227 Å². The highest BCUT2D eigenvalue weighted by molar-refractivity contribution is 5.73. The number of hydrogen-bond acceptors (Lipinski definition) is 4. The van der Waals surface area contributed by atoms with Crippen molar-refractivity contribution >= 4 is 5.57 Å². The van der Waals surface area contributed by atoms with Gasteiger partial charge in [-0.2, -0.15) is 0 Å². The topological polar surface area (TPSA) is 13.0 Å². The van der Waals surface area contributed by atoms with Crippen molar-refractivity contribution in [2.75, 3.05) is 78.5 Å². The number of aryl methyl sites for hydroxylation is 1. The Kier molecular flexibility index (Phi) is 12.6. The van der Waals surface area contributed by atoms with Gasteiger partial charge in [-0.3, -0.25) is 4.90 Å². The van der Waals surface area contributed by atoms with Crippen LogP contribution in [0.2, 0.25) is 0 Å². The minimum atomic E-state index is -0.122. The SMILES string of the molecule is CCC1=C(c2cc(F)ccc2C)CN(CCCN2CCN(CCCN(CC(C)C)CC(C)C)CC2)CC1. The molecule has 0 atom stereocenters. The van der Waals surface area contributed by atoms with E-state index in [-0.39, 0.29) is 5.82 Å². The summed E-state index contributed by atoms with van der Waals surface area (Å²) in [6.45, 7) is 27.9. The molecule has 1 fully saturated rings. The summed E-state index contributed by atoms with van der Waals surface area (Å²) in [6.07, 6.45) is 4.69. The van der Waals surface area contributed by atoms with Crippen LogP contribution >= 0.6 is 0 Å². The van der Waals surface area contributed by atoms with E-state index in [0.29, 0.717) is 0 Å². The molecule has 0 aromatic heterocycles. The molecule has 3 rings (SSSR count). The quantitative estimate of drug-likeness (QED) is 0.301. The van der Waals surface area contributed by atoms with Crippen molar-refractivity contribution in [1.29, 1.82) is 0 Å². The first-order valence-electron chi connectivity index (χ1n) is 15.1. The highest BCUT2D eigenvalue weighted by atomic mass is 19.1. The van der Waals surface area contributed by atoms with Gasteiger partial charge in [0, 0.05) is 52.4 Å². The van der Waals surface area contributed by atoms with E-state index in [9.17, 15) is 4.39 Å². The maximum absolute atomic E-state index is 14.0. The second-order valence-electron chi connectivity index (χ2n) is 12.4. The van der Waals surface area contributed by atoms with Crippen molar-refractivity contribution in [1.82, 2.24) is 19.6 Å². The largest absolute Gasteiger partial charge is 0.303 e. The first-order valence-corrected chi connectivity index (χ1v) is 15.1. The minimum absolute atomic E-state index is 0.122. The summed E-state index contributed by atoms with van der Waals surface area (Å²) in [5, 5.41) is 0. The average molecular weight is 515 g/mol. The lowest BCUT2D eigenvalue weighted by Gasteiger charge is -2.36. The van der Waals surface area contributed by atoms with Gasteiger partial charge in [0.25, 0.3) is 0 Å². The molecule has 0 bridgehead atoms. The molecular formula is C32H55FN4. The van der Waals surface area contributed by atoms with Crippen LogP contribution in [0.3, 0.4) is 0 Å². The van der Waals surface area contributed by atoms with E-state index in [1.807, 2.05) is 6.07 Å². The summed E-state index contributed by atoms with van der Waals surface area (Å²) in [5.74, 6) is 1.37. The molecule has 4 nitrogen and oxygen atoms in total. The third kappa shape index (κ3) is 10.1. The number of halogens is 1. The van der Waals surface area contributed by atoms with Crippen LogP contribution in [-0.2, 0) is 0 Å². The smallest absolute Gasteiger partial charge is 0.123 e. The van der Waals surface area contributed by atoms with Crippen LogP contribution in [-0.4, -0.2) is 98.1 Å². The molecule has 37 heavy (non-hydrogen) atoms. The summed E-state index contributed by atoms with van der Waals surface area (Å²) in [6, 6.07) is 5.26. The highest BCUT2D eigenvalue weighted by Crippen LogP contribution is 2.31. The van der Waals surface area contributed by atoms with Gasteiger partial charge in [-0.25, -0.2) is 4.39 Å². The van der Waals surface area contributed by atoms with Gasteiger partial charge in [0.2, 0.25) is 0 Å². The maximum atomic E-state index is 14.0. The van der Waals surface area contributed by atoms with Crippen LogP contribution in [0.15, 0.2) is 23.8 Å². The van der Waals surface area contributed by atoms with E-state index in [1.54, 1.807) is 12.1 Å². The Morgan fingerprint density at radius 3 is 2.03 bits per heavy atom. The van der Waals surface area contributed by atoms with Crippen molar-refractivity contribution in [2.45, 2.75) is 67.2 Å². The standard InChI is InChI=1S/C32H55FN4/c1-7-29-12-17-36(25-32(29)31-22-30(33)11-10-28(31)6)15-8-13-34-18-20-35(21-19-34)14-9-16-37(23-26(2)3)24-27(4)5/h10-11,22,26-27H,7-9,12-21,23-25H2,1-6H3. The fraction of sp³-hybridized carbons (Fsp3) is 0.750. The van der Waals surface area contributed by atoms with Gasteiger partial charge in [-0.15, -0.1) is 0 Å². The zero-order valence-corrected chi connectivity index (χ0v) is 24.9. The van der Waals surface area contributed by atoms with Crippen LogP contribution in [0.25, 0.3) is 5.57 Å². The number of rotatable bonds is 14. The predicted octanol–water partition coefficient (Wildman–Crippen LogP) is 6.02. The Morgan fingerprint density at radius 2 is 1.43 bits per heavy atom. The predicted molar refractivity (Wildman–Crippen MR) is 158 cm³/mol. The molecule has 1 aromatic carbocycles. The van der Waals surface area contributed by atoms with Crippen molar-refractivity contribution in [2.24, 2.45) is 11.8 Å². The Bertz CT molecular complexity index is 831. The molecule has 0 saturated carbocycles. The van der Waals surface area contributed by atoms with Crippen LogP contribution in [0, 0.1) is 24.6 Å². The van der Waals surface area contributed by atoms with Gasteiger partial charge >= 0.3 is 0 Å². The first-order chi connectivity index (χ1) is 17.7. The lowest BCUT2D eigenvalue weighted by atomic mass is 9.90. The van der Waals surface area contributed by atoms with E-state index in [2.05, 4.69) is 61.1 Å². The maximum Gasteiger partial charge on any atom is 0.123 e. The molecule has 2 aliphatic rings. The van der Waals surface area contributed by atoms with Crippen molar-refractivity contribution < 1.29 is 4.39 Å². The summed E-state index contributed by atoms with van der Waals surface area (Å²) < 4.78 is 14.0. The van der Waals surface area contributed by atoms with E-state index in [4.69, 9.17) is 0 Å². The Morgan fingerprint density at radius 1 is 0.838 bits per heavy atom. The highest BCUT2D eigenvalue weighted by Gasteiger charge is 2.22. The summed E-state index contributed by atoms with van der Waals surface area (Å²) in [4.78, 5) is 10.6. The number of benzene rings is 1. The minimum Gasteiger partial charge on any atom is -0.303 e. The third-order valence-corrected chi connectivity index (χ3v) is 8.10. The molecule has 2 aliphatic heterocycles. The van der Waals surface area contributed by atoms with Crippen LogP contribution in [0.1, 0.15) is 71.4 Å². The van der Waals surface area contributed by atoms with Crippen LogP contribution in [0.4, 0.5) is 4.39 Å². The van der Waals surface area contributed by atoms with Gasteiger partial charge in [-0.05, 0) is 99.5 Å². The van der Waals surface area contributed by atoms with Gasteiger partial charge in [0.05, 0.1) is 0 Å². The van der Waals surface area contributed by atoms with E-state index < -0.39 is 0 Å². The molecule has 1 saturated heterocycles. The zero-order chi connectivity index (χ0) is 26.8. The normalized spacial score (nSPS) is 18.6. The lowest BCUT2D eigenvalue weighted by molar-refractivity contribution is 0.120. The fourth-order valence-electron chi connectivity index (χ4n) is 6.20. The average Bonchev–Trinajstić information content (AvgIpc) is 2.85.